The van der Waals surface area contributed by atoms with Crippen molar-refractivity contribution in [1.29, 1.82) is 0 Å². The van der Waals surface area contributed by atoms with Gasteiger partial charge in [0.05, 0.1) is 32.2 Å². The molecular weight excluding hydrogens is 1000 g/mol. The molecule has 0 amide bonds. The third-order valence-corrected chi connectivity index (χ3v) is 10.1. The van der Waals surface area contributed by atoms with Crippen LogP contribution in [0.2, 0.25) is 0 Å². The monoisotopic (exact) mass is 1020 g/mol. The second-order valence-corrected chi connectivity index (χ2v) is 13.7. The van der Waals surface area contributed by atoms with Crippen LogP contribution in [0.3, 0.4) is 0 Å². The lowest BCUT2D eigenvalue weighted by Crippen LogP contribution is -2.81. The summed E-state index contributed by atoms with van der Waals surface area (Å²) in [6.07, 6.45) is -0.929. The highest BCUT2D eigenvalue weighted by Crippen LogP contribution is 2.31. The highest BCUT2D eigenvalue weighted by molar-refractivity contribution is 7.20. The van der Waals surface area contributed by atoms with E-state index in [2.05, 4.69) is 14.5 Å². The predicted octanol–water partition coefficient (Wildman–Crippen LogP) is 6.74. The Bertz CT molecular complexity index is 2760. The Morgan fingerprint density at radius 1 is 0.429 bits per heavy atom. The number of carbonyl (C=O) groups excluding carboxylic acids is 3. The van der Waals surface area contributed by atoms with Gasteiger partial charge in [-0.3, -0.25) is 9.78 Å². The molecule has 6 aromatic rings. The summed E-state index contributed by atoms with van der Waals surface area (Å²) >= 11 is 0. The molecular formula is C42H17BF20N2O5. The molecule has 1 heterocycles. The molecule has 0 fully saturated rings. The lowest BCUT2D eigenvalue weighted by molar-refractivity contribution is -0.688. The van der Waals surface area contributed by atoms with Crippen molar-refractivity contribution in [2.24, 2.45) is 0 Å². The van der Waals surface area contributed by atoms with E-state index >= 15 is 35.1 Å². The fraction of sp³-hybridized carbons (Fsp3) is 0.0714. The van der Waals surface area contributed by atoms with Crippen molar-refractivity contribution >= 4 is 45.7 Å². The molecule has 0 N–H and O–H groups in total. The van der Waals surface area contributed by atoms with Gasteiger partial charge in [0.25, 0.3) is 0 Å². The van der Waals surface area contributed by atoms with E-state index in [1.807, 2.05) is 0 Å². The highest BCUT2D eigenvalue weighted by atomic mass is 19.2. The van der Waals surface area contributed by atoms with Gasteiger partial charge in [-0.15, -0.1) is 21.9 Å². The fourth-order valence-corrected chi connectivity index (χ4v) is 7.07. The smallest absolute Gasteiger partial charge is 0.345 e. The van der Waals surface area contributed by atoms with E-state index in [0.29, 0.717) is 5.56 Å². The number of esters is 2. The van der Waals surface area contributed by atoms with Gasteiger partial charge >= 0.3 is 11.9 Å². The molecule has 0 unspecified atom stereocenters. The first kappa shape index (κ1) is 53.2. The number of rotatable bonds is 10. The molecule has 7 nitrogen and oxygen atoms in total. The van der Waals surface area contributed by atoms with Crippen molar-refractivity contribution < 1.29 is 116 Å². The Balaban J connectivity index is 0.000000308. The minimum absolute atomic E-state index is 0.0181. The largest absolute Gasteiger partial charge is 0.465 e. The molecule has 0 saturated heterocycles. The van der Waals surface area contributed by atoms with Crippen LogP contribution in [-0.4, -0.2) is 43.1 Å². The van der Waals surface area contributed by atoms with Crippen LogP contribution in [0, 0.1) is 116 Å². The number of ketones is 1. The first-order valence-corrected chi connectivity index (χ1v) is 18.3. The van der Waals surface area contributed by atoms with Crippen LogP contribution in [0.15, 0.2) is 66.3 Å². The van der Waals surface area contributed by atoms with E-state index in [4.69, 9.17) is 0 Å². The van der Waals surface area contributed by atoms with Crippen molar-refractivity contribution in [2.75, 3.05) is 14.2 Å². The Kier molecular flexibility index (Phi) is 15.5. The third-order valence-electron chi connectivity index (χ3n) is 10.1. The maximum absolute atomic E-state index is 15.4. The molecule has 0 saturated carbocycles. The molecule has 6 rings (SSSR count). The lowest BCUT2D eigenvalue weighted by Gasteiger charge is -2.44. The molecule has 28 heteroatoms. The van der Waals surface area contributed by atoms with Gasteiger partial charge < -0.3 is 9.47 Å². The van der Waals surface area contributed by atoms with Crippen LogP contribution < -0.4 is 26.4 Å². The van der Waals surface area contributed by atoms with E-state index in [1.54, 1.807) is 47.3 Å². The quantitative estimate of drug-likeness (QED) is 0.0145. The van der Waals surface area contributed by atoms with Gasteiger partial charge in [0, 0.05) is 5.56 Å². The zero-order valence-corrected chi connectivity index (χ0v) is 34.0. The summed E-state index contributed by atoms with van der Waals surface area (Å²) in [6, 6.07) is 8.36. The molecule has 0 aliphatic carbocycles. The van der Waals surface area contributed by atoms with E-state index in [0.717, 1.165) is 14.2 Å². The Hall–Kier alpha value is -7.81. The number of nitrogens with zero attached hydrogens (tertiary/aromatic N) is 2. The number of aromatic nitrogens is 2. The second kappa shape index (κ2) is 20.4. The van der Waals surface area contributed by atoms with Gasteiger partial charge in [-0.05, 0) is 0 Å². The average molecular weight is 1020 g/mol. The summed E-state index contributed by atoms with van der Waals surface area (Å²) in [5.74, 6) is -73.7. The predicted molar refractivity (Wildman–Crippen MR) is 195 cm³/mol. The standard InChI is InChI=1S/C24BF20.C18H17N2O5/c26-5-1(6(27)14(35)21(42)13(5)34)25(2-7(28)15(36)22(43)16(37)8(2)29,3-9(30)17(38)23(44)18(39)10(3)31)4-11(32)19(40)24(45)20(41)12(4)33;1-24-17(22)15(18(23)25-2)14(12-20-10-8-19-9-11-20)16(21)13-6-4-3-5-7-13/h;3-11H,12H2,1-2H3/q-1;+1. The van der Waals surface area contributed by atoms with E-state index in [-0.39, 0.29) is 12.1 Å². The zero-order valence-electron chi connectivity index (χ0n) is 34.0. The van der Waals surface area contributed by atoms with Crippen LogP contribution in [0.25, 0.3) is 0 Å². The minimum Gasteiger partial charge on any atom is -0.465 e. The molecule has 368 valence electrons. The minimum atomic E-state index is -7.22. The first-order valence-electron chi connectivity index (χ1n) is 18.3. The summed E-state index contributed by atoms with van der Waals surface area (Å²) in [5.41, 5.74) is -14.4. The van der Waals surface area contributed by atoms with Crippen molar-refractivity contribution in [1.82, 2.24) is 4.98 Å². The van der Waals surface area contributed by atoms with E-state index in [1.165, 1.54) is 12.4 Å². The van der Waals surface area contributed by atoms with E-state index in [9.17, 15) is 67.1 Å². The molecule has 70 heavy (non-hydrogen) atoms. The zero-order chi connectivity index (χ0) is 52.6. The fourth-order valence-electron chi connectivity index (χ4n) is 7.07. The third kappa shape index (κ3) is 8.65. The molecule has 0 atom stereocenters. The molecule has 0 aliphatic heterocycles. The molecule has 0 spiro atoms. The number of halogens is 20. The maximum Gasteiger partial charge on any atom is 0.345 e. The van der Waals surface area contributed by atoms with Gasteiger partial charge in [-0.25, -0.2) is 97.4 Å². The summed E-state index contributed by atoms with van der Waals surface area (Å²) in [4.78, 5) is 41.1. The van der Waals surface area contributed by atoms with Crippen LogP contribution in [0.4, 0.5) is 87.8 Å². The Morgan fingerprint density at radius 2 is 0.686 bits per heavy atom. The molecule has 0 bridgehead atoms. The SMILES string of the molecule is COC(=O)C(C(=O)OC)=C(C[n+]1ccncc1)C(=O)c1ccccc1.Fc1c(F)c(F)c([B-](c2c(F)c(F)c(F)c(F)c2F)(c2c(F)c(F)c(F)c(F)c2F)c2c(F)c(F)c(F)c(F)c2F)c(F)c1F. The van der Waals surface area contributed by atoms with Crippen LogP contribution in [0.5, 0.6) is 0 Å². The number of carbonyl (C=O) groups is 3. The summed E-state index contributed by atoms with van der Waals surface area (Å²) in [7, 11) is 2.27. The highest BCUT2D eigenvalue weighted by Gasteiger charge is 2.52. The number of Topliss-reactive ketones (excluding diaryl/α,β-unsaturated/α-hetero) is 1. The van der Waals surface area contributed by atoms with Crippen molar-refractivity contribution in [3.8, 4) is 0 Å². The molecule has 0 aliphatic rings. The van der Waals surface area contributed by atoms with Gasteiger partial charge in [-0.2, -0.15) is 4.57 Å². The van der Waals surface area contributed by atoms with Crippen molar-refractivity contribution in [2.45, 2.75) is 6.54 Å². The summed E-state index contributed by atoms with van der Waals surface area (Å²) < 4.78 is 305. The number of hydrogen-bond donors (Lipinski definition) is 0. The molecule has 5 aromatic carbocycles. The second-order valence-electron chi connectivity index (χ2n) is 13.7. The number of hydrogen-bond acceptors (Lipinski definition) is 6. The van der Waals surface area contributed by atoms with Gasteiger partial charge in [0.1, 0.15) is 52.7 Å². The molecule has 0 radical (unpaired) electrons. The summed E-state index contributed by atoms with van der Waals surface area (Å²) in [6.45, 7) is -0.0181. The van der Waals surface area contributed by atoms with Gasteiger partial charge in [0.15, 0.2) is 100 Å². The van der Waals surface area contributed by atoms with Gasteiger partial charge in [0.2, 0.25) is 0 Å². The van der Waals surface area contributed by atoms with Crippen molar-refractivity contribution in [3.63, 3.8) is 0 Å². The number of ether oxygens (including phenoxy) is 2. The van der Waals surface area contributed by atoms with E-state index < -0.39 is 168 Å². The summed E-state index contributed by atoms with van der Waals surface area (Å²) in [5, 5.41) is 0. The van der Waals surface area contributed by atoms with Crippen molar-refractivity contribution in [3.05, 3.63) is 188 Å². The lowest BCUT2D eigenvalue weighted by atomic mass is 9.12. The molecule has 1 aromatic heterocycles. The maximum atomic E-state index is 15.4. The number of benzene rings is 5. The van der Waals surface area contributed by atoms with Crippen LogP contribution >= 0.6 is 0 Å². The Labute approximate surface area is 375 Å². The average Bonchev–Trinajstić information content (AvgIpc) is 3.36. The van der Waals surface area contributed by atoms with Crippen LogP contribution in [-0.2, 0) is 25.6 Å². The number of allylic oxidation sites excluding steroid dienone is 1. The normalized spacial score (nSPS) is 11.2. The van der Waals surface area contributed by atoms with Gasteiger partial charge in [-0.1, -0.05) is 30.3 Å². The Morgan fingerprint density at radius 3 is 0.943 bits per heavy atom. The number of methoxy groups -OCH3 is 2. The van der Waals surface area contributed by atoms with Crippen LogP contribution in [0.1, 0.15) is 10.4 Å². The topological polar surface area (TPSA) is 86.4 Å². The first-order chi connectivity index (χ1) is 32.8.